The number of carbonyl (C=O) groups is 1. The van der Waals surface area contributed by atoms with Gasteiger partial charge in [0.1, 0.15) is 11.6 Å². The van der Waals surface area contributed by atoms with Crippen molar-refractivity contribution in [3.63, 3.8) is 0 Å². The fourth-order valence-electron chi connectivity index (χ4n) is 1.27. The minimum Gasteiger partial charge on any atom is -0.444 e. The molecule has 2 heterocycles. The van der Waals surface area contributed by atoms with E-state index in [9.17, 15) is 4.79 Å². The Morgan fingerprint density at radius 1 is 1.59 bits per heavy atom. The van der Waals surface area contributed by atoms with Crippen LogP contribution in [0.2, 0.25) is 0 Å². The number of nitrogens with one attached hydrogen (secondary N) is 2. The molecule has 90 valence electrons. The molecule has 0 aliphatic carbocycles. The van der Waals surface area contributed by atoms with Crippen LogP contribution in [0.5, 0.6) is 0 Å². The molecule has 17 heavy (non-hydrogen) atoms. The second-order valence-electron chi connectivity index (χ2n) is 3.50. The fraction of sp³-hybridized carbons (Fsp3) is 0.400. The van der Waals surface area contributed by atoms with Crippen molar-refractivity contribution < 1.29 is 9.21 Å². The fourth-order valence-corrected chi connectivity index (χ4v) is 1.27. The molecule has 2 aromatic rings. The summed E-state index contributed by atoms with van der Waals surface area (Å²) in [6.07, 6.45) is 2.43. The van der Waals surface area contributed by atoms with Gasteiger partial charge >= 0.3 is 0 Å². The maximum atomic E-state index is 11.6. The summed E-state index contributed by atoms with van der Waals surface area (Å²) in [7, 11) is 0. The van der Waals surface area contributed by atoms with E-state index in [-0.39, 0.29) is 18.3 Å². The average molecular weight is 235 g/mol. The van der Waals surface area contributed by atoms with Crippen molar-refractivity contribution in [3.8, 4) is 0 Å². The van der Waals surface area contributed by atoms with Gasteiger partial charge in [-0.1, -0.05) is 6.92 Å². The van der Waals surface area contributed by atoms with Crippen LogP contribution in [0, 0.1) is 6.92 Å². The monoisotopic (exact) mass is 235 g/mol. The zero-order valence-electron chi connectivity index (χ0n) is 9.65. The number of rotatable bonds is 4. The van der Waals surface area contributed by atoms with Gasteiger partial charge in [0.15, 0.2) is 0 Å². The van der Waals surface area contributed by atoms with Crippen LogP contribution in [-0.2, 0) is 13.0 Å². The van der Waals surface area contributed by atoms with Crippen molar-refractivity contribution in [3.05, 3.63) is 29.5 Å². The molecule has 2 N–H and O–H groups in total. The van der Waals surface area contributed by atoms with E-state index in [1.807, 2.05) is 6.92 Å². The predicted molar refractivity (Wildman–Crippen MR) is 58.2 cm³/mol. The first-order chi connectivity index (χ1) is 8.19. The highest BCUT2D eigenvalue weighted by atomic mass is 16.4. The molecule has 1 amide bonds. The Morgan fingerprint density at radius 3 is 3.00 bits per heavy atom. The van der Waals surface area contributed by atoms with Crippen molar-refractivity contribution >= 4 is 5.91 Å². The third kappa shape index (κ3) is 2.68. The summed E-state index contributed by atoms with van der Waals surface area (Å²) in [4.78, 5) is 19.5. The standard InChI is InChI=1S/C10H13N5O2/c1-3-7-4-11-8(17-7)5-12-10(16)9-13-6(2)14-15-9/h4H,3,5H2,1-2H3,(H,12,16)(H,13,14,15). The number of aromatic nitrogens is 4. The lowest BCUT2D eigenvalue weighted by molar-refractivity contribution is 0.0937. The van der Waals surface area contributed by atoms with Gasteiger partial charge in [0.25, 0.3) is 5.91 Å². The highest BCUT2D eigenvalue weighted by Crippen LogP contribution is 2.03. The SMILES string of the molecule is CCc1cnc(CNC(=O)c2n[nH]c(C)n2)o1. The molecule has 0 spiro atoms. The Bertz CT molecular complexity index is 516. The van der Waals surface area contributed by atoms with E-state index in [0.717, 1.165) is 12.2 Å². The molecule has 0 radical (unpaired) electrons. The largest absolute Gasteiger partial charge is 0.444 e. The number of aromatic amines is 1. The second kappa shape index (κ2) is 4.77. The number of aryl methyl sites for hydroxylation is 2. The molecule has 0 aliphatic heterocycles. The van der Waals surface area contributed by atoms with E-state index in [0.29, 0.717) is 11.7 Å². The third-order valence-electron chi connectivity index (χ3n) is 2.15. The smallest absolute Gasteiger partial charge is 0.291 e. The van der Waals surface area contributed by atoms with Gasteiger partial charge in [0.05, 0.1) is 12.7 Å². The molecule has 0 fully saturated rings. The van der Waals surface area contributed by atoms with Gasteiger partial charge in [-0.25, -0.2) is 9.97 Å². The number of nitrogens with zero attached hydrogens (tertiary/aromatic N) is 3. The summed E-state index contributed by atoms with van der Waals surface area (Å²) >= 11 is 0. The highest BCUT2D eigenvalue weighted by molar-refractivity contribution is 5.90. The number of oxazole rings is 1. The molecule has 0 saturated heterocycles. The van der Waals surface area contributed by atoms with Crippen molar-refractivity contribution in [1.29, 1.82) is 0 Å². The van der Waals surface area contributed by atoms with Gasteiger partial charge < -0.3 is 9.73 Å². The molecule has 0 bridgehead atoms. The number of hydrogen-bond donors (Lipinski definition) is 2. The molecule has 7 nitrogen and oxygen atoms in total. The molecule has 2 aromatic heterocycles. The Hall–Kier alpha value is -2.18. The summed E-state index contributed by atoms with van der Waals surface area (Å²) in [5, 5.41) is 8.98. The summed E-state index contributed by atoms with van der Waals surface area (Å²) in [5.41, 5.74) is 0. The van der Waals surface area contributed by atoms with Crippen molar-refractivity contribution in [2.24, 2.45) is 0 Å². The summed E-state index contributed by atoms with van der Waals surface area (Å²) < 4.78 is 5.35. The lowest BCUT2D eigenvalue weighted by Gasteiger charge is -1.97. The summed E-state index contributed by atoms with van der Waals surface area (Å²) in [5.74, 6) is 1.63. The molecular weight excluding hydrogens is 222 g/mol. The van der Waals surface area contributed by atoms with Crippen molar-refractivity contribution in [2.45, 2.75) is 26.8 Å². The summed E-state index contributed by atoms with van der Waals surface area (Å²) in [6.45, 7) is 3.93. The van der Waals surface area contributed by atoms with Gasteiger partial charge in [-0.05, 0) is 6.92 Å². The number of amides is 1. The van der Waals surface area contributed by atoms with Crippen molar-refractivity contribution in [2.75, 3.05) is 0 Å². The van der Waals surface area contributed by atoms with Crippen LogP contribution < -0.4 is 5.32 Å². The number of hydrogen-bond acceptors (Lipinski definition) is 5. The van der Waals surface area contributed by atoms with Crippen LogP contribution in [0.1, 0.15) is 35.0 Å². The zero-order chi connectivity index (χ0) is 12.3. The van der Waals surface area contributed by atoms with E-state index >= 15 is 0 Å². The lowest BCUT2D eigenvalue weighted by atomic mass is 10.4. The number of carbonyl (C=O) groups excluding carboxylic acids is 1. The molecule has 0 aromatic carbocycles. The first-order valence-corrected chi connectivity index (χ1v) is 5.30. The van der Waals surface area contributed by atoms with Crippen LogP contribution in [0.3, 0.4) is 0 Å². The molecule has 0 atom stereocenters. The first kappa shape index (κ1) is 11.3. The van der Waals surface area contributed by atoms with Gasteiger partial charge in [-0.2, -0.15) is 0 Å². The topological polar surface area (TPSA) is 96.7 Å². The van der Waals surface area contributed by atoms with Gasteiger partial charge in [-0.15, -0.1) is 5.10 Å². The van der Waals surface area contributed by atoms with E-state index in [4.69, 9.17) is 4.42 Å². The minimum atomic E-state index is -0.356. The van der Waals surface area contributed by atoms with Crippen LogP contribution >= 0.6 is 0 Å². The van der Waals surface area contributed by atoms with Crippen LogP contribution in [0.15, 0.2) is 10.6 Å². The number of H-pyrrole nitrogens is 1. The second-order valence-corrected chi connectivity index (χ2v) is 3.50. The third-order valence-corrected chi connectivity index (χ3v) is 2.15. The molecular formula is C10H13N5O2. The maximum Gasteiger partial charge on any atom is 0.291 e. The molecule has 0 saturated carbocycles. The van der Waals surface area contributed by atoms with Crippen LogP contribution in [0.25, 0.3) is 0 Å². The molecule has 0 unspecified atom stereocenters. The normalized spacial score (nSPS) is 10.5. The highest BCUT2D eigenvalue weighted by Gasteiger charge is 2.11. The lowest BCUT2D eigenvalue weighted by Crippen LogP contribution is -2.24. The average Bonchev–Trinajstić information content (AvgIpc) is 2.94. The van der Waals surface area contributed by atoms with Crippen molar-refractivity contribution in [1.82, 2.24) is 25.5 Å². The molecule has 2 rings (SSSR count). The van der Waals surface area contributed by atoms with E-state index in [1.54, 1.807) is 13.1 Å². The maximum absolute atomic E-state index is 11.6. The van der Waals surface area contributed by atoms with Crippen LogP contribution in [0.4, 0.5) is 0 Å². The predicted octanol–water partition coefficient (Wildman–Crippen LogP) is 0.594. The van der Waals surface area contributed by atoms with E-state index in [1.165, 1.54) is 0 Å². The van der Waals surface area contributed by atoms with Gasteiger partial charge in [0.2, 0.25) is 11.7 Å². The molecule has 7 heteroatoms. The summed E-state index contributed by atoms with van der Waals surface area (Å²) in [6, 6.07) is 0. The van der Waals surface area contributed by atoms with Gasteiger partial charge in [-0.3, -0.25) is 9.89 Å². The zero-order valence-corrected chi connectivity index (χ0v) is 9.65. The van der Waals surface area contributed by atoms with E-state index in [2.05, 4.69) is 25.5 Å². The Labute approximate surface area is 97.7 Å². The Morgan fingerprint density at radius 2 is 2.41 bits per heavy atom. The Balaban J connectivity index is 1.92. The van der Waals surface area contributed by atoms with E-state index < -0.39 is 0 Å². The molecule has 0 aliphatic rings. The van der Waals surface area contributed by atoms with Gasteiger partial charge in [0, 0.05) is 6.42 Å². The quantitative estimate of drug-likeness (QED) is 0.808. The first-order valence-electron chi connectivity index (χ1n) is 5.30. The van der Waals surface area contributed by atoms with Crippen LogP contribution in [-0.4, -0.2) is 26.1 Å². The minimum absolute atomic E-state index is 0.116. The Kier molecular flexibility index (Phi) is 3.17.